The number of amides is 1. The van der Waals surface area contributed by atoms with Crippen LogP contribution in [0.4, 0.5) is 17.6 Å². The molecule has 0 bridgehead atoms. The lowest BCUT2D eigenvalue weighted by molar-refractivity contribution is 0.0572. The number of alkyl halides is 3. The Kier molecular flexibility index (Phi) is 5.58. The maximum absolute atomic E-state index is 12.9. The summed E-state index contributed by atoms with van der Waals surface area (Å²) in [5.74, 6) is -3.03. The van der Waals surface area contributed by atoms with Gasteiger partial charge in [0.05, 0.1) is 6.54 Å². The highest BCUT2D eigenvalue weighted by molar-refractivity contribution is 9.09. The van der Waals surface area contributed by atoms with Gasteiger partial charge in [0.2, 0.25) is 0 Å². The van der Waals surface area contributed by atoms with Crippen LogP contribution in [-0.4, -0.2) is 35.7 Å². The van der Waals surface area contributed by atoms with Crippen molar-refractivity contribution in [1.82, 2.24) is 4.90 Å². The van der Waals surface area contributed by atoms with E-state index >= 15 is 0 Å². The molecule has 0 saturated carbocycles. The van der Waals surface area contributed by atoms with E-state index in [1.165, 1.54) is 0 Å². The number of carbonyl (C=O) groups is 1. The van der Waals surface area contributed by atoms with E-state index in [4.69, 9.17) is 0 Å². The fraction of sp³-hybridized carbons (Fsp3) is 0.364. The van der Waals surface area contributed by atoms with Crippen LogP contribution in [0, 0.1) is 11.6 Å². The van der Waals surface area contributed by atoms with E-state index in [-0.39, 0.29) is 12.1 Å². The summed E-state index contributed by atoms with van der Waals surface area (Å²) in [5, 5.41) is 0.315. The van der Waals surface area contributed by atoms with Crippen molar-refractivity contribution in [1.29, 1.82) is 0 Å². The molecule has 7 heteroatoms. The van der Waals surface area contributed by atoms with Gasteiger partial charge in [-0.1, -0.05) is 15.9 Å². The summed E-state index contributed by atoms with van der Waals surface area (Å²) in [5.41, 5.74) is -0.157. The summed E-state index contributed by atoms with van der Waals surface area (Å²) in [7, 11) is 0. The van der Waals surface area contributed by atoms with Crippen molar-refractivity contribution < 1.29 is 22.4 Å². The Balaban J connectivity index is 2.90. The molecule has 0 aliphatic carbocycles. The molecule has 0 heterocycles. The van der Waals surface area contributed by atoms with Crippen molar-refractivity contribution in [2.45, 2.75) is 6.43 Å². The molecule has 100 valence electrons. The van der Waals surface area contributed by atoms with E-state index in [0.29, 0.717) is 11.4 Å². The molecule has 1 aromatic carbocycles. The molecule has 1 aromatic rings. The quantitative estimate of drug-likeness (QED) is 0.601. The van der Waals surface area contributed by atoms with Gasteiger partial charge < -0.3 is 4.90 Å². The molecule has 0 radical (unpaired) electrons. The Labute approximate surface area is 110 Å². The maximum atomic E-state index is 12.9. The third-order valence-corrected chi connectivity index (χ3v) is 2.52. The van der Waals surface area contributed by atoms with E-state index in [1.54, 1.807) is 0 Å². The number of halogens is 5. The van der Waals surface area contributed by atoms with Gasteiger partial charge in [0.15, 0.2) is 11.6 Å². The molecule has 0 saturated heterocycles. The van der Waals surface area contributed by atoms with Gasteiger partial charge in [0.1, 0.15) is 0 Å². The summed E-state index contributed by atoms with van der Waals surface area (Å²) < 4.78 is 50.2. The Bertz CT molecular complexity index is 428. The van der Waals surface area contributed by atoms with Crippen LogP contribution < -0.4 is 0 Å². The average molecular weight is 328 g/mol. The van der Waals surface area contributed by atoms with E-state index < -0.39 is 30.5 Å². The molecule has 0 aliphatic rings. The first-order valence-electron chi connectivity index (χ1n) is 5.04. The Morgan fingerprint density at radius 2 is 1.94 bits per heavy atom. The molecule has 0 atom stereocenters. The number of rotatable bonds is 5. The van der Waals surface area contributed by atoms with E-state index in [1.807, 2.05) is 0 Å². The Morgan fingerprint density at radius 1 is 1.28 bits per heavy atom. The molecule has 0 spiro atoms. The van der Waals surface area contributed by atoms with E-state index in [2.05, 4.69) is 15.9 Å². The summed E-state index contributed by atoms with van der Waals surface area (Å²) >= 11 is 3.03. The third kappa shape index (κ3) is 3.97. The highest BCUT2D eigenvalue weighted by Crippen LogP contribution is 2.12. The average Bonchev–Trinajstić information content (AvgIpc) is 2.31. The number of carbonyl (C=O) groups excluding carboxylic acids is 1. The largest absolute Gasteiger partial charge is 0.332 e. The fourth-order valence-electron chi connectivity index (χ4n) is 1.36. The van der Waals surface area contributed by atoms with Crippen molar-refractivity contribution in [2.24, 2.45) is 0 Å². The van der Waals surface area contributed by atoms with Gasteiger partial charge in [-0.05, 0) is 18.2 Å². The summed E-state index contributed by atoms with van der Waals surface area (Å²) in [6.07, 6.45) is -2.68. The van der Waals surface area contributed by atoms with Gasteiger partial charge in [-0.25, -0.2) is 17.6 Å². The van der Waals surface area contributed by atoms with Crippen molar-refractivity contribution in [3.63, 3.8) is 0 Å². The topological polar surface area (TPSA) is 20.3 Å². The van der Waals surface area contributed by atoms with Crippen LogP contribution in [-0.2, 0) is 0 Å². The monoisotopic (exact) mass is 327 g/mol. The molecule has 0 unspecified atom stereocenters. The van der Waals surface area contributed by atoms with Gasteiger partial charge in [-0.15, -0.1) is 0 Å². The normalized spacial score (nSPS) is 10.8. The number of nitrogens with zero attached hydrogens (tertiary/aromatic N) is 1. The van der Waals surface area contributed by atoms with Gasteiger partial charge in [-0.2, -0.15) is 0 Å². The summed E-state index contributed by atoms with van der Waals surface area (Å²) in [6, 6.07) is 2.55. The lowest BCUT2D eigenvalue weighted by atomic mass is 10.2. The van der Waals surface area contributed by atoms with Gasteiger partial charge in [0, 0.05) is 17.4 Å². The minimum Gasteiger partial charge on any atom is -0.332 e. The molecule has 0 fully saturated rings. The molecule has 0 aromatic heterocycles. The number of hydrogen-bond acceptors (Lipinski definition) is 1. The lowest BCUT2D eigenvalue weighted by Gasteiger charge is -2.21. The van der Waals surface area contributed by atoms with Crippen molar-refractivity contribution in [3.05, 3.63) is 35.4 Å². The third-order valence-electron chi connectivity index (χ3n) is 2.17. The highest BCUT2D eigenvalue weighted by atomic mass is 79.9. The first kappa shape index (κ1) is 14.9. The first-order chi connectivity index (χ1) is 8.45. The fourth-order valence-corrected chi connectivity index (χ4v) is 1.78. The second-order valence-corrected chi connectivity index (χ2v) is 4.25. The molecule has 18 heavy (non-hydrogen) atoms. The van der Waals surface area contributed by atoms with Crippen LogP contribution in [0.1, 0.15) is 10.4 Å². The van der Waals surface area contributed by atoms with Gasteiger partial charge >= 0.3 is 0 Å². The first-order valence-corrected chi connectivity index (χ1v) is 6.16. The van der Waals surface area contributed by atoms with Gasteiger partial charge in [0.25, 0.3) is 12.3 Å². The van der Waals surface area contributed by atoms with E-state index in [0.717, 1.165) is 17.0 Å². The SMILES string of the molecule is O=C(c1ccc(F)c(F)c1)N(CCBr)CC(F)F. The number of hydrogen-bond donors (Lipinski definition) is 0. The van der Waals surface area contributed by atoms with Crippen LogP contribution in [0.5, 0.6) is 0 Å². The minimum absolute atomic E-state index is 0.0577. The van der Waals surface area contributed by atoms with Crippen LogP contribution in [0.3, 0.4) is 0 Å². The summed E-state index contributed by atoms with van der Waals surface area (Å²) in [6.45, 7) is -0.689. The van der Waals surface area contributed by atoms with Crippen molar-refractivity contribution >= 4 is 21.8 Å². The molecule has 0 N–H and O–H groups in total. The highest BCUT2D eigenvalue weighted by Gasteiger charge is 2.20. The molecule has 0 aliphatic heterocycles. The zero-order chi connectivity index (χ0) is 13.7. The van der Waals surface area contributed by atoms with Crippen LogP contribution in [0.2, 0.25) is 0 Å². The molecular formula is C11H10BrF4NO. The Hall–Kier alpha value is -1.11. The van der Waals surface area contributed by atoms with Crippen molar-refractivity contribution in [3.8, 4) is 0 Å². The predicted octanol–water partition coefficient (Wildman–Crippen LogP) is 3.07. The van der Waals surface area contributed by atoms with Crippen LogP contribution in [0.25, 0.3) is 0 Å². The van der Waals surface area contributed by atoms with E-state index in [9.17, 15) is 22.4 Å². The Morgan fingerprint density at radius 3 is 2.44 bits per heavy atom. The maximum Gasteiger partial charge on any atom is 0.255 e. The molecule has 1 rings (SSSR count). The predicted molar refractivity (Wildman–Crippen MR) is 62.1 cm³/mol. The smallest absolute Gasteiger partial charge is 0.255 e. The molecule has 2 nitrogen and oxygen atoms in total. The standard InChI is InChI=1S/C11H10BrF4NO/c12-3-4-17(6-10(15)16)11(18)7-1-2-8(13)9(14)5-7/h1-2,5,10H,3-4,6H2. The molecular weight excluding hydrogens is 318 g/mol. The minimum atomic E-state index is -2.68. The number of benzene rings is 1. The molecule has 1 amide bonds. The van der Waals surface area contributed by atoms with Crippen LogP contribution in [0.15, 0.2) is 18.2 Å². The zero-order valence-corrected chi connectivity index (χ0v) is 10.8. The van der Waals surface area contributed by atoms with Crippen molar-refractivity contribution in [2.75, 3.05) is 18.4 Å². The zero-order valence-electron chi connectivity index (χ0n) is 9.18. The summed E-state index contributed by atoms with van der Waals surface area (Å²) in [4.78, 5) is 12.7. The second kappa shape index (κ2) is 6.72. The lowest BCUT2D eigenvalue weighted by Crippen LogP contribution is -2.36. The van der Waals surface area contributed by atoms with Crippen LogP contribution >= 0.6 is 15.9 Å². The second-order valence-electron chi connectivity index (χ2n) is 3.46. The van der Waals surface area contributed by atoms with Gasteiger partial charge in [-0.3, -0.25) is 4.79 Å².